The molecule has 1 unspecified atom stereocenters. The van der Waals surface area contributed by atoms with Gasteiger partial charge in [0.1, 0.15) is 18.4 Å². The van der Waals surface area contributed by atoms with Crippen LogP contribution in [0.4, 0.5) is 5.95 Å². The fourth-order valence-corrected chi connectivity index (χ4v) is 5.14. The normalized spacial score (nSPS) is 15.3. The van der Waals surface area contributed by atoms with Gasteiger partial charge in [-0.3, -0.25) is 0 Å². The Labute approximate surface area is 231 Å². The molecule has 1 N–H and O–H groups in total. The summed E-state index contributed by atoms with van der Waals surface area (Å²) in [6.07, 6.45) is 0. The summed E-state index contributed by atoms with van der Waals surface area (Å²) in [5.74, 6) is 1.68. The quantitative estimate of drug-likeness (QED) is 0.228. The summed E-state index contributed by atoms with van der Waals surface area (Å²) in [5, 5.41) is 8.62. The molecule has 1 aliphatic heterocycles. The van der Waals surface area contributed by atoms with E-state index in [1.54, 1.807) is 23.4 Å². The molecular formula is C28H33BrN4O3S. The molecule has 2 heterocycles. The zero-order valence-electron chi connectivity index (χ0n) is 22.1. The maximum absolute atomic E-state index is 13.2. The SMILES string of the molecule is CCOC(=O)C1=C(C)Nc2nc(SCC)nn2C1c1cc(Br)ccc1OCc1ccc(C(C)(C)C)cc1. The number of rotatable bonds is 8. The van der Waals surface area contributed by atoms with Crippen LogP contribution in [0.5, 0.6) is 5.75 Å². The smallest absolute Gasteiger partial charge is 0.338 e. The lowest BCUT2D eigenvalue weighted by molar-refractivity contribution is -0.139. The molecule has 4 rings (SSSR count). The van der Waals surface area contributed by atoms with Crippen molar-refractivity contribution in [3.63, 3.8) is 0 Å². The zero-order chi connectivity index (χ0) is 26.7. The number of anilines is 1. The molecule has 3 aromatic rings. The minimum absolute atomic E-state index is 0.0887. The molecule has 196 valence electrons. The molecule has 37 heavy (non-hydrogen) atoms. The number of nitrogens with one attached hydrogen (secondary N) is 1. The highest BCUT2D eigenvalue weighted by Gasteiger charge is 2.37. The fourth-order valence-electron chi connectivity index (χ4n) is 4.21. The molecule has 9 heteroatoms. The molecule has 0 radical (unpaired) electrons. The number of ether oxygens (including phenoxy) is 2. The van der Waals surface area contributed by atoms with Crippen LogP contribution in [0.15, 0.2) is 63.4 Å². The van der Waals surface area contributed by atoms with E-state index in [2.05, 4.69) is 78.2 Å². The molecule has 0 saturated carbocycles. The van der Waals surface area contributed by atoms with Gasteiger partial charge in [-0.25, -0.2) is 9.48 Å². The van der Waals surface area contributed by atoms with Gasteiger partial charge in [0.05, 0.1) is 12.2 Å². The average Bonchev–Trinajstić information content (AvgIpc) is 3.24. The van der Waals surface area contributed by atoms with Crippen molar-refractivity contribution in [3.05, 3.63) is 74.9 Å². The first kappa shape index (κ1) is 27.3. The highest BCUT2D eigenvalue weighted by atomic mass is 79.9. The maximum atomic E-state index is 13.2. The molecule has 1 aromatic heterocycles. The van der Waals surface area contributed by atoms with Gasteiger partial charge in [-0.05, 0) is 54.3 Å². The van der Waals surface area contributed by atoms with E-state index in [0.717, 1.165) is 21.4 Å². The summed E-state index contributed by atoms with van der Waals surface area (Å²) in [6.45, 7) is 13.0. The fraction of sp³-hybridized carbons (Fsp3) is 0.393. The molecule has 0 spiro atoms. The van der Waals surface area contributed by atoms with Crippen LogP contribution in [-0.4, -0.2) is 33.1 Å². The molecule has 0 aliphatic carbocycles. The summed E-state index contributed by atoms with van der Waals surface area (Å²) < 4.78 is 14.4. The number of carbonyl (C=O) groups excluding carboxylic acids is 1. The number of benzene rings is 2. The van der Waals surface area contributed by atoms with Gasteiger partial charge < -0.3 is 14.8 Å². The number of nitrogens with zero attached hydrogens (tertiary/aromatic N) is 3. The lowest BCUT2D eigenvalue weighted by atomic mass is 9.87. The molecule has 0 amide bonds. The van der Waals surface area contributed by atoms with Crippen LogP contribution in [0.1, 0.15) is 64.3 Å². The predicted molar refractivity (Wildman–Crippen MR) is 151 cm³/mol. The Balaban J connectivity index is 1.74. The lowest BCUT2D eigenvalue weighted by Gasteiger charge is -2.29. The summed E-state index contributed by atoms with van der Waals surface area (Å²) in [7, 11) is 0. The first-order valence-electron chi connectivity index (χ1n) is 12.4. The minimum atomic E-state index is -0.565. The second-order valence-electron chi connectivity index (χ2n) is 9.80. The third kappa shape index (κ3) is 6.04. The van der Waals surface area contributed by atoms with E-state index >= 15 is 0 Å². The van der Waals surface area contributed by atoms with Crippen molar-refractivity contribution in [1.82, 2.24) is 14.8 Å². The average molecular weight is 586 g/mol. The van der Waals surface area contributed by atoms with Gasteiger partial charge in [-0.2, -0.15) is 4.98 Å². The van der Waals surface area contributed by atoms with Gasteiger partial charge in [0.15, 0.2) is 0 Å². The highest BCUT2D eigenvalue weighted by Crippen LogP contribution is 2.41. The van der Waals surface area contributed by atoms with Crippen LogP contribution >= 0.6 is 27.7 Å². The standard InChI is InChI=1S/C28H33BrN4O3S/c1-7-35-25(34)23-17(3)30-26-31-27(37-8-2)32-33(26)24(23)21-15-20(29)13-14-22(21)36-16-18-9-11-19(12-10-18)28(4,5)6/h9-15,24H,7-8,16H2,1-6H3,(H,30,31,32). The molecule has 2 aromatic carbocycles. The van der Waals surface area contributed by atoms with Crippen molar-refractivity contribution in [2.75, 3.05) is 17.7 Å². The third-order valence-corrected chi connectivity index (χ3v) is 7.30. The van der Waals surface area contributed by atoms with Gasteiger partial charge >= 0.3 is 5.97 Å². The van der Waals surface area contributed by atoms with Crippen molar-refractivity contribution in [1.29, 1.82) is 0 Å². The maximum Gasteiger partial charge on any atom is 0.338 e. The third-order valence-electron chi connectivity index (χ3n) is 6.08. The second-order valence-corrected chi connectivity index (χ2v) is 11.9. The van der Waals surface area contributed by atoms with Crippen LogP contribution in [0.3, 0.4) is 0 Å². The van der Waals surface area contributed by atoms with Gasteiger partial charge in [0.25, 0.3) is 0 Å². The highest BCUT2D eigenvalue weighted by molar-refractivity contribution is 9.10. The van der Waals surface area contributed by atoms with Crippen LogP contribution in [0, 0.1) is 0 Å². The molecule has 0 saturated heterocycles. The van der Waals surface area contributed by atoms with Crippen LogP contribution in [-0.2, 0) is 21.6 Å². The number of allylic oxidation sites excluding steroid dienone is 1. The number of carbonyl (C=O) groups is 1. The molecule has 7 nitrogen and oxygen atoms in total. The van der Waals surface area contributed by atoms with Gasteiger partial charge in [0.2, 0.25) is 11.1 Å². The van der Waals surface area contributed by atoms with E-state index in [4.69, 9.17) is 14.6 Å². The number of thioether (sulfide) groups is 1. The lowest BCUT2D eigenvalue weighted by Crippen LogP contribution is -2.30. The molecular weight excluding hydrogens is 552 g/mol. The summed E-state index contributed by atoms with van der Waals surface area (Å²) in [4.78, 5) is 17.8. The zero-order valence-corrected chi connectivity index (χ0v) is 24.5. The van der Waals surface area contributed by atoms with Crippen LogP contribution in [0.2, 0.25) is 0 Å². The minimum Gasteiger partial charge on any atom is -0.489 e. The molecule has 1 atom stereocenters. The Morgan fingerprint density at radius 3 is 2.54 bits per heavy atom. The number of aromatic nitrogens is 3. The van der Waals surface area contributed by atoms with Crippen LogP contribution < -0.4 is 10.1 Å². The number of hydrogen-bond acceptors (Lipinski definition) is 7. The van der Waals surface area contributed by atoms with Gasteiger partial charge in [-0.15, -0.1) is 5.10 Å². The topological polar surface area (TPSA) is 78.3 Å². The Bertz CT molecular complexity index is 1310. The first-order valence-corrected chi connectivity index (χ1v) is 14.2. The number of halogens is 1. The largest absolute Gasteiger partial charge is 0.489 e. The molecule has 1 aliphatic rings. The first-order chi connectivity index (χ1) is 17.6. The van der Waals surface area contributed by atoms with Crippen molar-refractivity contribution in [3.8, 4) is 5.75 Å². The summed E-state index contributed by atoms with van der Waals surface area (Å²) >= 11 is 5.15. The van der Waals surface area contributed by atoms with Gasteiger partial charge in [0, 0.05) is 15.7 Å². The van der Waals surface area contributed by atoms with E-state index in [9.17, 15) is 4.79 Å². The number of fused-ring (bicyclic) bond motifs is 1. The van der Waals surface area contributed by atoms with Crippen molar-refractivity contribution in [2.24, 2.45) is 0 Å². The van der Waals surface area contributed by atoms with E-state index in [-0.39, 0.29) is 12.0 Å². The Morgan fingerprint density at radius 2 is 1.89 bits per heavy atom. The number of esters is 1. The Morgan fingerprint density at radius 1 is 1.16 bits per heavy atom. The predicted octanol–water partition coefficient (Wildman–Crippen LogP) is 6.88. The summed E-state index contributed by atoms with van der Waals surface area (Å²) in [5.41, 5.74) is 4.38. The van der Waals surface area contributed by atoms with Crippen LogP contribution in [0.25, 0.3) is 0 Å². The van der Waals surface area contributed by atoms with E-state index < -0.39 is 12.0 Å². The van der Waals surface area contributed by atoms with Gasteiger partial charge in [-0.1, -0.05) is 79.7 Å². The Kier molecular flexibility index (Phi) is 8.33. The molecule has 0 bridgehead atoms. The Hall–Kier alpha value is -2.78. The summed E-state index contributed by atoms with van der Waals surface area (Å²) in [6, 6.07) is 13.7. The van der Waals surface area contributed by atoms with E-state index in [1.165, 1.54) is 5.56 Å². The molecule has 0 fully saturated rings. The van der Waals surface area contributed by atoms with E-state index in [1.807, 2.05) is 25.1 Å². The van der Waals surface area contributed by atoms with Crippen molar-refractivity contribution < 1.29 is 14.3 Å². The van der Waals surface area contributed by atoms with E-state index in [0.29, 0.717) is 34.7 Å². The monoisotopic (exact) mass is 584 g/mol. The number of hydrogen-bond donors (Lipinski definition) is 1. The van der Waals surface area contributed by atoms with Crippen molar-refractivity contribution >= 4 is 39.6 Å². The van der Waals surface area contributed by atoms with Crippen molar-refractivity contribution in [2.45, 2.75) is 64.8 Å². The second kappa shape index (κ2) is 11.3.